The van der Waals surface area contributed by atoms with Gasteiger partial charge in [-0.05, 0) is 32.9 Å². The molecule has 0 aliphatic carbocycles. The van der Waals surface area contributed by atoms with Crippen LogP contribution in [0, 0.1) is 6.92 Å². The summed E-state index contributed by atoms with van der Waals surface area (Å²) in [4.78, 5) is 4.47. The molecule has 19 heavy (non-hydrogen) atoms. The first-order valence-corrected chi connectivity index (χ1v) is 6.83. The van der Waals surface area contributed by atoms with Gasteiger partial charge in [0.05, 0.1) is 12.2 Å². The standard InChI is InChI=1S/C15H26N2O2/c1-6-16-11-13-7-8-14(17-12(13)2)19-10-9-15(3,4)18-5/h7-8,16H,6,9-11H2,1-5H3. The highest BCUT2D eigenvalue weighted by atomic mass is 16.5. The number of hydrogen-bond acceptors (Lipinski definition) is 4. The largest absolute Gasteiger partial charge is 0.478 e. The van der Waals surface area contributed by atoms with Crippen molar-refractivity contribution >= 4 is 0 Å². The molecule has 4 nitrogen and oxygen atoms in total. The summed E-state index contributed by atoms with van der Waals surface area (Å²) in [6.07, 6.45) is 0.837. The fourth-order valence-electron chi connectivity index (χ4n) is 1.60. The molecule has 0 saturated heterocycles. The van der Waals surface area contributed by atoms with Crippen LogP contribution in [0.1, 0.15) is 38.4 Å². The molecule has 0 radical (unpaired) electrons. The molecule has 0 fully saturated rings. The van der Waals surface area contributed by atoms with E-state index in [4.69, 9.17) is 9.47 Å². The molecule has 1 N–H and O–H groups in total. The smallest absolute Gasteiger partial charge is 0.213 e. The van der Waals surface area contributed by atoms with Gasteiger partial charge in [0.1, 0.15) is 0 Å². The van der Waals surface area contributed by atoms with Crippen molar-refractivity contribution in [3.8, 4) is 5.88 Å². The minimum atomic E-state index is -0.153. The lowest BCUT2D eigenvalue weighted by atomic mass is 10.1. The van der Waals surface area contributed by atoms with E-state index in [0.29, 0.717) is 12.5 Å². The molecule has 0 aliphatic rings. The van der Waals surface area contributed by atoms with E-state index in [9.17, 15) is 0 Å². The van der Waals surface area contributed by atoms with Gasteiger partial charge in [-0.2, -0.15) is 0 Å². The van der Waals surface area contributed by atoms with E-state index in [0.717, 1.165) is 25.2 Å². The van der Waals surface area contributed by atoms with Gasteiger partial charge in [-0.3, -0.25) is 0 Å². The van der Waals surface area contributed by atoms with Crippen LogP contribution in [0.5, 0.6) is 5.88 Å². The Balaban J connectivity index is 2.49. The van der Waals surface area contributed by atoms with E-state index in [-0.39, 0.29) is 5.60 Å². The van der Waals surface area contributed by atoms with Gasteiger partial charge < -0.3 is 14.8 Å². The van der Waals surface area contributed by atoms with E-state index >= 15 is 0 Å². The minimum absolute atomic E-state index is 0.153. The first-order chi connectivity index (χ1) is 8.98. The van der Waals surface area contributed by atoms with Gasteiger partial charge in [0, 0.05) is 31.8 Å². The molecule has 1 aromatic rings. The van der Waals surface area contributed by atoms with Crippen molar-refractivity contribution in [1.82, 2.24) is 10.3 Å². The van der Waals surface area contributed by atoms with E-state index in [1.54, 1.807) is 7.11 Å². The average molecular weight is 266 g/mol. The molecule has 108 valence electrons. The van der Waals surface area contributed by atoms with Crippen molar-refractivity contribution in [2.24, 2.45) is 0 Å². The van der Waals surface area contributed by atoms with Gasteiger partial charge in [0.25, 0.3) is 0 Å². The summed E-state index contributed by atoms with van der Waals surface area (Å²) in [6, 6.07) is 4.00. The number of hydrogen-bond donors (Lipinski definition) is 1. The molecule has 0 aliphatic heterocycles. The van der Waals surface area contributed by atoms with Crippen LogP contribution in [0.4, 0.5) is 0 Å². The summed E-state index contributed by atoms with van der Waals surface area (Å²) >= 11 is 0. The van der Waals surface area contributed by atoms with Gasteiger partial charge in [-0.1, -0.05) is 13.0 Å². The summed E-state index contributed by atoms with van der Waals surface area (Å²) in [5.74, 6) is 0.685. The second-order valence-electron chi connectivity index (χ2n) is 5.24. The zero-order valence-corrected chi connectivity index (χ0v) is 12.7. The van der Waals surface area contributed by atoms with Gasteiger partial charge in [0.15, 0.2) is 0 Å². The van der Waals surface area contributed by atoms with E-state index in [1.165, 1.54) is 5.56 Å². The Morgan fingerprint density at radius 2 is 2.05 bits per heavy atom. The van der Waals surface area contributed by atoms with E-state index in [1.807, 2.05) is 13.0 Å². The van der Waals surface area contributed by atoms with Crippen molar-refractivity contribution in [2.75, 3.05) is 20.3 Å². The highest BCUT2D eigenvalue weighted by Gasteiger charge is 2.16. The molecule has 1 heterocycles. The lowest BCUT2D eigenvalue weighted by molar-refractivity contribution is 0.00507. The van der Waals surface area contributed by atoms with Gasteiger partial charge in [0.2, 0.25) is 5.88 Å². The van der Waals surface area contributed by atoms with Crippen LogP contribution in [0.15, 0.2) is 12.1 Å². The lowest BCUT2D eigenvalue weighted by Gasteiger charge is -2.22. The van der Waals surface area contributed by atoms with E-state index in [2.05, 4.69) is 37.1 Å². The maximum Gasteiger partial charge on any atom is 0.213 e. The molecule has 4 heteroatoms. The zero-order chi connectivity index (χ0) is 14.3. The second kappa shape index (κ2) is 7.46. The summed E-state index contributed by atoms with van der Waals surface area (Å²) < 4.78 is 11.0. The summed E-state index contributed by atoms with van der Waals surface area (Å²) in [7, 11) is 1.72. The van der Waals surface area contributed by atoms with Crippen molar-refractivity contribution in [3.05, 3.63) is 23.4 Å². The summed E-state index contributed by atoms with van der Waals surface area (Å²) in [5, 5.41) is 3.30. The third-order valence-corrected chi connectivity index (χ3v) is 3.24. The lowest BCUT2D eigenvalue weighted by Crippen LogP contribution is -2.25. The first kappa shape index (κ1) is 15.9. The average Bonchev–Trinajstić information content (AvgIpc) is 2.37. The fraction of sp³-hybridized carbons (Fsp3) is 0.667. The van der Waals surface area contributed by atoms with Gasteiger partial charge in [-0.25, -0.2) is 4.98 Å². The maximum atomic E-state index is 5.67. The van der Waals surface area contributed by atoms with Crippen LogP contribution < -0.4 is 10.1 Å². The molecular formula is C15H26N2O2. The number of nitrogens with zero attached hydrogens (tertiary/aromatic N) is 1. The predicted molar refractivity (Wildman–Crippen MR) is 77.6 cm³/mol. The number of aromatic nitrogens is 1. The number of pyridine rings is 1. The fourth-order valence-corrected chi connectivity index (χ4v) is 1.60. The normalized spacial score (nSPS) is 11.6. The molecule has 0 amide bonds. The third-order valence-electron chi connectivity index (χ3n) is 3.24. The van der Waals surface area contributed by atoms with Crippen molar-refractivity contribution in [2.45, 2.75) is 46.3 Å². The molecule has 0 bridgehead atoms. The number of rotatable bonds is 8. The molecule has 0 atom stereocenters. The zero-order valence-electron chi connectivity index (χ0n) is 12.7. The molecule has 0 unspecified atom stereocenters. The van der Waals surface area contributed by atoms with E-state index < -0.39 is 0 Å². The van der Waals surface area contributed by atoms with Crippen LogP contribution in [-0.4, -0.2) is 30.8 Å². The Morgan fingerprint density at radius 1 is 1.32 bits per heavy atom. The van der Waals surface area contributed by atoms with Crippen molar-refractivity contribution < 1.29 is 9.47 Å². The highest BCUT2D eigenvalue weighted by Crippen LogP contribution is 2.16. The Bertz CT molecular complexity index is 392. The quantitative estimate of drug-likeness (QED) is 0.785. The molecule has 0 spiro atoms. The Morgan fingerprint density at radius 3 is 2.63 bits per heavy atom. The molecule has 0 saturated carbocycles. The predicted octanol–water partition coefficient (Wildman–Crippen LogP) is 2.69. The number of nitrogens with one attached hydrogen (secondary N) is 1. The van der Waals surface area contributed by atoms with Crippen molar-refractivity contribution in [3.63, 3.8) is 0 Å². The van der Waals surface area contributed by atoms with Crippen LogP contribution in [0.2, 0.25) is 0 Å². The molecule has 1 aromatic heterocycles. The van der Waals surface area contributed by atoms with Crippen LogP contribution in [0.25, 0.3) is 0 Å². The van der Waals surface area contributed by atoms with Gasteiger partial charge >= 0.3 is 0 Å². The summed E-state index contributed by atoms with van der Waals surface area (Å²) in [5.41, 5.74) is 2.08. The number of methoxy groups -OCH3 is 1. The van der Waals surface area contributed by atoms with Crippen LogP contribution in [-0.2, 0) is 11.3 Å². The second-order valence-corrected chi connectivity index (χ2v) is 5.24. The molecular weight excluding hydrogens is 240 g/mol. The summed E-state index contributed by atoms with van der Waals surface area (Å²) in [6.45, 7) is 10.6. The molecule has 0 aromatic carbocycles. The number of ether oxygens (including phenoxy) is 2. The molecule has 1 rings (SSSR count). The minimum Gasteiger partial charge on any atom is -0.478 e. The van der Waals surface area contributed by atoms with Gasteiger partial charge in [-0.15, -0.1) is 0 Å². The Hall–Kier alpha value is -1.13. The van der Waals surface area contributed by atoms with Crippen LogP contribution >= 0.6 is 0 Å². The maximum absolute atomic E-state index is 5.67. The topological polar surface area (TPSA) is 43.4 Å². The highest BCUT2D eigenvalue weighted by molar-refractivity contribution is 5.24. The Kier molecular flexibility index (Phi) is 6.25. The van der Waals surface area contributed by atoms with Crippen molar-refractivity contribution in [1.29, 1.82) is 0 Å². The SMILES string of the molecule is CCNCc1ccc(OCCC(C)(C)OC)nc1C. The Labute approximate surface area is 116 Å². The number of aryl methyl sites for hydroxylation is 1. The monoisotopic (exact) mass is 266 g/mol. The third kappa shape index (κ3) is 5.57. The first-order valence-electron chi connectivity index (χ1n) is 6.83. The van der Waals surface area contributed by atoms with Crippen LogP contribution in [0.3, 0.4) is 0 Å².